The Bertz CT molecular complexity index is 623. The van der Waals surface area contributed by atoms with Gasteiger partial charge >= 0.3 is 0 Å². The molecular weight excluding hydrogens is 375 g/mol. The van der Waals surface area contributed by atoms with Gasteiger partial charge in [-0.15, -0.1) is 10.2 Å². The van der Waals surface area contributed by atoms with Crippen LogP contribution < -0.4 is 10.5 Å². The summed E-state index contributed by atoms with van der Waals surface area (Å²) in [4.78, 5) is 0. The van der Waals surface area contributed by atoms with Crippen LogP contribution in [-0.4, -0.2) is 18.6 Å². The Balaban J connectivity index is 2.26. The van der Waals surface area contributed by atoms with E-state index < -0.39 is 10.0 Å². The van der Waals surface area contributed by atoms with Crippen molar-refractivity contribution in [1.82, 2.24) is 10.2 Å². The maximum Gasteiger partial charge on any atom is 0.291 e. The summed E-state index contributed by atoms with van der Waals surface area (Å²) in [5, 5.41) is 7.08. The van der Waals surface area contributed by atoms with Crippen LogP contribution in [0.1, 0.15) is 0 Å². The van der Waals surface area contributed by atoms with Crippen LogP contribution >= 0.6 is 33.9 Å². The molecule has 0 aliphatic rings. The van der Waals surface area contributed by atoms with Gasteiger partial charge in [0.05, 0.1) is 0 Å². The number of hydrogen-bond donors (Lipinski definition) is 2. The molecule has 90 valence electrons. The molecule has 2 aromatic rings. The molecule has 0 bridgehead atoms. The van der Waals surface area contributed by atoms with E-state index in [2.05, 4.69) is 37.5 Å². The third kappa shape index (κ3) is 3.04. The van der Waals surface area contributed by atoms with Crippen molar-refractivity contribution in [2.75, 3.05) is 10.5 Å². The molecule has 0 amide bonds. The summed E-state index contributed by atoms with van der Waals surface area (Å²) in [5.41, 5.74) is 5.81. The first-order valence-corrected chi connectivity index (χ1v) is 7.72. The highest BCUT2D eigenvalue weighted by Crippen LogP contribution is 2.20. The molecule has 0 aliphatic heterocycles. The molecule has 2 rings (SSSR count). The molecule has 1 aromatic carbocycles. The standard InChI is InChI=1S/C8H7IN4O2S2/c9-5-1-3-6(4-2-5)13-17(14,15)8-12-11-7(10)16-8/h1-4,13H,(H2,10,11). The van der Waals surface area contributed by atoms with Crippen LogP contribution in [0.15, 0.2) is 28.6 Å². The fraction of sp³-hybridized carbons (Fsp3) is 0. The van der Waals surface area contributed by atoms with Crippen molar-refractivity contribution in [3.05, 3.63) is 27.8 Å². The van der Waals surface area contributed by atoms with Crippen molar-refractivity contribution in [1.29, 1.82) is 0 Å². The Morgan fingerprint density at radius 2 is 1.88 bits per heavy atom. The number of nitrogens with two attached hydrogens (primary N) is 1. The summed E-state index contributed by atoms with van der Waals surface area (Å²) in [6, 6.07) is 6.94. The van der Waals surface area contributed by atoms with Gasteiger partial charge in [-0.1, -0.05) is 11.3 Å². The van der Waals surface area contributed by atoms with E-state index in [-0.39, 0.29) is 9.47 Å². The van der Waals surface area contributed by atoms with Crippen LogP contribution in [0.3, 0.4) is 0 Å². The maximum atomic E-state index is 11.8. The molecule has 0 atom stereocenters. The molecule has 0 spiro atoms. The molecule has 6 nitrogen and oxygen atoms in total. The highest BCUT2D eigenvalue weighted by Gasteiger charge is 2.19. The van der Waals surface area contributed by atoms with Crippen LogP contribution in [-0.2, 0) is 10.0 Å². The van der Waals surface area contributed by atoms with Gasteiger partial charge in [-0.2, -0.15) is 8.42 Å². The van der Waals surface area contributed by atoms with Gasteiger partial charge in [-0.3, -0.25) is 4.72 Å². The lowest BCUT2D eigenvalue weighted by Crippen LogP contribution is -2.12. The van der Waals surface area contributed by atoms with Crippen molar-refractivity contribution in [3.8, 4) is 0 Å². The smallest absolute Gasteiger partial charge is 0.291 e. The first-order valence-electron chi connectivity index (χ1n) is 4.35. The first-order chi connectivity index (χ1) is 7.97. The lowest BCUT2D eigenvalue weighted by molar-refractivity contribution is 0.599. The monoisotopic (exact) mass is 382 g/mol. The molecule has 0 radical (unpaired) electrons. The third-order valence-electron chi connectivity index (χ3n) is 1.75. The minimum Gasteiger partial charge on any atom is -0.374 e. The topological polar surface area (TPSA) is 98.0 Å². The van der Waals surface area contributed by atoms with Gasteiger partial charge in [0.15, 0.2) is 0 Å². The van der Waals surface area contributed by atoms with Crippen LogP contribution in [0, 0.1) is 3.57 Å². The SMILES string of the molecule is Nc1nnc(S(=O)(=O)Nc2ccc(I)cc2)s1. The van der Waals surface area contributed by atoms with E-state index in [1.807, 2.05) is 0 Å². The lowest BCUT2D eigenvalue weighted by atomic mass is 10.3. The minimum absolute atomic E-state index is 0.119. The quantitative estimate of drug-likeness (QED) is 0.785. The van der Waals surface area contributed by atoms with Crippen molar-refractivity contribution in [2.45, 2.75) is 4.34 Å². The molecule has 9 heteroatoms. The summed E-state index contributed by atoms with van der Waals surface area (Å²) < 4.78 is 26.9. The van der Waals surface area contributed by atoms with E-state index in [4.69, 9.17) is 5.73 Å². The van der Waals surface area contributed by atoms with Gasteiger partial charge in [-0.25, -0.2) is 0 Å². The average Bonchev–Trinajstić information content (AvgIpc) is 2.69. The lowest BCUT2D eigenvalue weighted by Gasteiger charge is -2.04. The van der Waals surface area contributed by atoms with Crippen LogP contribution in [0.25, 0.3) is 0 Å². The van der Waals surface area contributed by atoms with Crippen LogP contribution in [0.2, 0.25) is 0 Å². The van der Waals surface area contributed by atoms with Crippen molar-refractivity contribution in [2.24, 2.45) is 0 Å². The predicted octanol–water partition coefficient (Wildman–Crippen LogP) is 1.53. The number of nitrogens with one attached hydrogen (secondary N) is 1. The Morgan fingerprint density at radius 3 is 2.41 bits per heavy atom. The van der Waals surface area contributed by atoms with Gasteiger partial charge in [0, 0.05) is 9.26 Å². The molecular formula is C8H7IN4O2S2. The summed E-state index contributed by atoms with van der Waals surface area (Å²) in [7, 11) is -3.69. The van der Waals surface area contributed by atoms with Gasteiger partial charge < -0.3 is 5.73 Å². The second kappa shape index (κ2) is 4.74. The maximum absolute atomic E-state index is 11.8. The Labute approximate surface area is 115 Å². The summed E-state index contributed by atoms with van der Waals surface area (Å²) in [5.74, 6) is 0. The highest BCUT2D eigenvalue weighted by molar-refractivity contribution is 14.1. The Kier molecular flexibility index (Phi) is 3.49. The van der Waals surface area contributed by atoms with Gasteiger partial charge in [0.1, 0.15) is 0 Å². The number of rotatable bonds is 3. The van der Waals surface area contributed by atoms with E-state index in [9.17, 15) is 8.42 Å². The largest absolute Gasteiger partial charge is 0.374 e. The summed E-state index contributed by atoms with van der Waals surface area (Å²) in [6.07, 6.45) is 0. The Morgan fingerprint density at radius 1 is 1.24 bits per heavy atom. The molecule has 17 heavy (non-hydrogen) atoms. The molecule has 1 heterocycles. The van der Waals surface area contributed by atoms with Crippen LogP contribution in [0.5, 0.6) is 0 Å². The fourth-order valence-electron chi connectivity index (χ4n) is 1.05. The number of nitrogen functional groups attached to an aromatic ring is 1. The van der Waals surface area contributed by atoms with E-state index >= 15 is 0 Å². The number of halogens is 1. The summed E-state index contributed by atoms with van der Waals surface area (Å²) >= 11 is 2.96. The molecule has 1 aromatic heterocycles. The zero-order chi connectivity index (χ0) is 12.5. The molecule has 3 N–H and O–H groups in total. The zero-order valence-electron chi connectivity index (χ0n) is 8.29. The van der Waals surface area contributed by atoms with E-state index in [1.165, 1.54) is 0 Å². The van der Waals surface area contributed by atoms with E-state index in [0.29, 0.717) is 5.69 Å². The number of sulfonamides is 1. The van der Waals surface area contributed by atoms with E-state index in [1.54, 1.807) is 24.3 Å². The number of nitrogens with zero attached hydrogens (tertiary/aromatic N) is 2. The van der Waals surface area contributed by atoms with Gasteiger partial charge in [0.2, 0.25) is 5.13 Å². The predicted molar refractivity (Wildman–Crippen MR) is 74.3 cm³/mol. The van der Waals surface area contributed by atoms with Crippen molar-refractivity contribution in [3.63, 3.8) is 0 Å². The molecule has 0 fully saturated rings. The summed E-state index contributed by atoms with van der Waals surface area (Å²) in [6.45, 7) is 0. The molecule has 0 aliphatic carbocycles. The van der Waals surface area contributed by atoms with Gasteiger partial charge in [0.25, 0.3) is 14.4 Å². The molecule has 0 unspecified atom stereocenters. The van der Waals surface area contributed by atoms with Crippen molar-refractivity contribution >= 4 is 54.8 Å². The molecule has 0 saturated carbocycles. The first kappa shape index (κ1) is 12.5. The minimum atomic E-state index is -3.69. The fourth-order valence-corrected chi connectivity index (χ4v) is 3.25. The van der Waals surface area contributed by atoms with Crippen LogP contribution in [0.4, 0.5) is 10.8 Å². The van der Waals surface area contributed by atoms with E-state index in [0.717, 1.165) is 14.9 Å². The number of anilines is 2. The molecule has 0 saturated heterocycles. The zero-order valence-corrected chi connectivity index (χ0v) is 12.1. The highest BCUT2D eigenvalue weighted by atomic mass is 127. The number of aromatic nitrogens is 2. The average molecular weight is 382 g/mol. The van der Waals surface area contributed by atoms with Gasteiger partial charge in [-0.05, 0) is 46.9 Å². The van der Waals surface area contributed by atoms with Crippen molar-refractivity contribution < 1.29 is 8.42 Å². The Hall–Kier alpha value is -0.940. The second-order valence-corrected chi connectivity index (χ2v) is 7.13. The normalized spacial score (nSPS) is 11.4. The third-order valence-corrected chi connectivity index (χ3v) is 4.97. The number of benzene rings is 1. The number of hydrogen-bond acceptors (Lipinski definition) is 6. The second-order valence-electron chi connectivity index (χ2n) is 3.02.